The second-order valence-corrected chi connectivity index (χ2v) is 7.91. The Morgan fingerprint density at radius 3 is 2.28 bits per heavy atom. The summed E-state index contributed by atoms with van der Waals surface area (Å²) >= 11 is 0. The Balaban J connectivity index is 1.57. The number of nitrogens with zero attached hydrogens (tertiary/aromatic N) is 2. The SMILES string of the molecule is c1ccc(C2=C3c4[nH]c5ccccc5c4CCN3CN(c3ccccc3)C2)cc1. The standard InChI is InChI=1S/C26H23N3/c1-3-9-19(10-4-1)23-17-29(20-11-5-2-6-12-20)18-28-16-15-22-21-13-7-8-14-24(21)27-25(22)26(23)28/h1-14,27H,15-18H2. The highest BCUT2D eigenvalue weighted by atomic mass is 15.3. The molecule has 0 unspecified atom stereocenters. The van der Waals surface area contributed by atoms with Gasteiger partial charge in [-0.25, -0.2) is 0 Å². The molecule has 6 rings (SSSR count). The van der Waals surface area contributed by atoms with Crippen LogP contribution in [-0.4, -0.2) is 29.6 Å². The molecule has 1 aromatic heterocycles. The molecule has 3 heterocycles. The van der Waals surface area contributed by atoms with Crippen molar-refractivity contribution in [3.8, 4) is 0 Å². The Labute approximate surface area is 170 Å². The molecule has 0 spiro atoms. The Bertz CT molecular complexity index is 1200. The number of hydrogen-bond acceptors (Lipinski definition) is 2. The molecule has 0 saturated carbocycles. The van der Waals surface area contributed by atoms with Gasteiger partial charge in [-0.1, -0.05) is 66.7 Å². The summed E-state index contributed by atoms with van der Waals surface area (Å²) in [6, 6.07) is 30.3. The first kappa shape index (κ1) is 16.5. The normalized spacial score (nSPS) is 16.1. The summed E-state index contributed by atoms with van der Waals surface area (Å²) in [4.78, 5) is 8.79. The van der Waals surface area contributed by atoms with Gasteiger partial charge in [-0.3, -0.25) is 0 Å². The molecule has 142 valence electrons. The lowest BCUT2D eigenvalue weighted by Crippen LogP contribution is -2.45. The van der Waals surface area contributed by atoms with Gasteiger partial charge in [-0.2, -0.15) is 0 Å². The third-order valence-corrected chi connectivity index (χ3v) is 6.22. The van der Waals surface area contributed by atoms with Crippen molar-refractivity contribution in [1.29, 1.82) is 0 Å². The average Bonchev–Trinajstić information content (AvgIpc) is 3.18. The summed E-state index contributed by atoms with van der Waals surface area (Å²) in [6.45, 7) is 2.88. The molecule has 2 aliphatic rings. The monoisotopic (exact) mass is 377 g/mol. The number of aromatic nitrogens is 1. The van der Waals surface area contributed by atoms with Gasteiger partial charge in [0.15, 0.2) is 0 Å². The van der Waals surface area contributed by atoms with E-state index in [0.29, 0.717) is 0 Å². The summed E-state index contributed by atoms with van der Waals surface area (Å²) < 4.78 is 0. The summed E-state index contributed by atoms with van der Waals surface area (Å²) in [5, 5.41) is 1.37. The van der Waals surface area contributed by atoms with Gasteiger partial charge in [-0.15, -0.1) is 0 Å². The van der Waals surface area contributed by atoms with Gasteiger partial charge < -0.3 is 14.8 Å². The van der Waals surface area contributed by atoms with E-state index in [4.69, 9.17) is 0 Å². The topological polar surface area (TPSA) is 22.3 Å². The first-order valence-electron chi connectivity index (χ1n) is 10.3. The molecule has 2 aliphatic heterocycles. The van der Waals surface area contributed by atoms with Crippen molar-refractivity contribution < 1.29 is 0 Å². The molecular formula is C26H23N3. The quantitative estimate of drug-likeness (QED) is 0.507. The van der Waals surface area contributed by atoms with Crippen molar-refractivity contribution in [2.75, 3.05) is 24.7 Å². The number of para-hydroxylation sites is 2. The van der Waals surface area contributed by atoms with Crippen LogP contribution in [0.15, 0.2) is 84.9 Å². The minimum Gasteiger partial charge on any atom is -0.353 e. The van der Waals surface area contributed by atoms with Gasteiger partial charge in [0.1, 0.15) is 0 Å². The molecule has 0 aliphatic carbocycles. The maximum atomic E-state index is 3.75. The van der Waals surface area contributed by atoms with Crippen molar-refractivity contribution >= 4 is 27.9 Å². The van der Waals surface area contributed by atoms with E-state index < -0.39 is 0 Å². The minimum absolute atomic E-state index is 0.911. The molecule has 3 nitrogen and oxygen atoms in total. The summed E-state index contributed by atoms with van der Waals surface area (Å²) in [5.41, 5.74) is 9.37. The predicted molar refractivity (Wildman–Crippen MR) is 121 cm³/mol. The molecule has 0 atom stereocenters. The fourth-order valence-electron chi connectivity index (χ4n) is 4.86. The number of benzene rings is 3. The Hall–Kier alpha value is -3.46. The number of fused-ring (bicyclic) bond motifs is 5. The molecule has 1 N–H and O–H groups in total. The van der Waals surface area contributed by atoms with Crippen LogP contribution in [0.1, 0.15) is 16.8 Å². The Kier molecular flexibility index (Phi) is 3.73. The number of nitrogens with one attached hydrogen (secondary N) is 1. The van der Waals surface area contributed by atoms with Gasteiger partial charge >= 0.3 is 0 Å². The maximum Gasteiger partial charge on any atom is 0.0907 e. The highest BCUT2D eigenvalue weighted by Gasteiger charge is 2.33. The van der Waals surface area contributed by atoms with Crippen molar-refractivity contribution in [2.45, 2.75) is 6.42 Å². The highest BCUT2D eigenvalue weighted by Crippen LogP contribution is 2.41. The fraction of sp³-hybridized carbons (Fsp3) is 0.154. The van der Waals surface area contributed by atoms with Gasteiger partial charge in [0.2, 0.25) is 0 Å². The number of H-pyrrole nitrogens is 1. The molecule has 3 heteroatoms. The van der Waals surface area contributed by atoms with Crippen LogP contribution in [-0.2, 0) is 6.42 Å². The third kappa shape index (κ3) is 2.65. The summed E-state index contributed by atoms with van der Waals surface area (Å²) in [5.74, 6) is 0. The molecule has 0 fully saturated rings. The smallest absolute Gasteiger partial charge is 0.0907 e. The van der Waals surface area contributed by atoms with Crippen molar-refractivity contribution in [1.82, 2.24) is 9.88 Å². The number of rotatable bonds is 2. The average molecular weight is 377 g/mol. The van der Waals surface area contributed by atoms with Crippen LogP contribution in [0.3, 0.4) is 0 Å². The Morgan fingerprint density at radius 1 is 0.724 bits per heavy atom. The van der Waals surface area contributed by atoms with E-state index >= 15 is 0 Å². The van der Waals surface area contributed by atoms with E-state index in [1.54, 1.807) is 0 Å². The van der Waals surface area contributed by atoms with Gasteiger partial charge in [0.25, 0.3) is 0 Å². The fourth-order valence-corrected chi connectivity index (χ4v) is 4.86. The van der Waals surface area contributed by atoms with Gasteiger partial charge in [0, 0.05) is 35.3 Å². The molecule has 0 amide bonds. The summed E-state index contributed by atoms with van der Waals surface area (Å²) in [6.07, 6.45) is 1.08. The van der Waals surface area contributed by atoms with Crippen LogP contribution < -0.4 is 4.90 Å². The molecule has 4 aromatic rings. The molecule has 0 radical (unpaired) electrons. The highest BCUT2D eigenvalue weighted by molar-refractivity contribution is 5.98. The van der Waals surface area contributed by atoms with Crippen molar-refractivity contribution in [3.63, 3.8) is 0 Å². The van der Waals surface area contributed by atoms with E-state index in [9.17, 15) is 0 Å². The third-order valence-electron chi connectivity index (χ3n) is 6.22. The maximum absolute atomic E-state index is 3.75. The molecule has 3 aromatic carbocycles. The summed E-state index contributed by atoms with van der Waals surface area (Å²) in [7, 11) is 0. The first-order valence-corrected chi connectivity index (χ1v) is 10.3. The van der Waals surface area contributed by atoms with Crippen LogP contribution in [0, 0.1) is 0 Å². The lowest BCUT2D eigenvalue weighted by atomic mass is 9.93. The number of anilines is 1. The van der Waals surface area contributed by atoms with E-state index in [2.05, 4.69) is 99.7 Å². The lowest BCUT2D eigenvalue weighted by Gasteiger charge is -2.43. The first-order chi connectivity index (χ1) is 14.4. The number of aromatic amines is 1. The molecular weight excluding hydrogens is 354 g/mol. The number of hydrogen-bond donors (Lipinski definition) is 1. The lowest BCUT2D eigenvalue weighted by molar-refractivity contribution is 0.379. The molecule has 0 saturated heterocycles. The van der Waals surface area contributed by atoms with E-state index in [0.717, 1.165) is 26.2 Å². The van der Waals surface area contributed by atoms with E-state index in [1.807, 2.05) is 0 Å². The van der Waals surface area contributed by atoms with Gasteiger partial charge in [0.05, 0.1) is 18.1 Å². The Morgan fingerprint density at radius 2 is 1.45 bits per heavy atom. The molecule has 29 heavy (non-hydrogen) atoms. The van der Waals surface area contributed by atoms with Crippen LogP contribution >= 0.6 is 0 Å². The van der Waals surface area contributed by atoms with Crippen LogP contribution in [0.5, 0.6) is 0 Å². The van der Waals surface area contributed by atoms with Crippen LogP contribution in [0.4, 0.5) is 5.69 Å². The largest absolute Gasteiger partial charge is 0.353 e. The van der Waals surface area contributed by atoms with Crippen molar-refractivity contribution in [2.24, 2.45) is 0 Å². The zero-order chi connectivity index (χ0) is 19.2. The predicted octanol–water partition coefficient (Wildman–Crippen LogP) is 5.37. The van der Waals surface area contributed by atoms with E-state index in [-0.39, 0.29) is 0 Å². The zero-order valence-corrected chi connectivity index (χ0v) is 16.3. The van der Waals surface area contributed by atoms with Crippen LogP contribution in [0.25, 0.3) is 22.2 Å². The van der Waals surface area contributed by atoms with Crippen LogP contribution in [0.2, 0.25) is 0 Å². The van der Waals surface area contributed by atoms with Gasteiger partial charge in [-0.05, 0) is 35.7 Å². The van der Waals surface area contributed by atoms with Crippen molar-refractivity contribution in [3.05, 3.63) is 102 Å². The molecule has 0 bridgehead atoms. The van der Waals surface area contributed by atoms with E-state index in [1.165, 1.54) is 44.7 Å². The second-order valence-electron chi connectivity index (χ2n) is 7.91. The minimum atomic E-state index is 0.911. The second kappa shape index (κ2) is 6.56. The zero-order valence-electron chi connectivity index (χ0n) is 16.3.